The van der Waals surface area contributed by atoms with Gasteiger partial charge in [-0.15, -0.1) is 0 Å². The second-order valence-corrected chi connectivity index (χ2v) is 13.0. The fourth-order valence-corrected chi connectivity index (χ4v) is 6.82. The van der Waals surface area contributed by atoms with Gasteiger partial charge in [0.25, 0.3) is 0 Å². The van der Waals surface area contributed by atoms with E-state index in [2.05, 4.69) is 4.98 Å². The first kappa shape index (κ1) is 33.4. The highest BCUT2D eigenvalue weighted by Gasteiger charge is 2.27. The normalized spacial score (nSPS) is 12.0. The SMILES string of the molecule is Cc1ccc(-c2c(C=O)c(CCc3ccc(-c4c(C(O)C(=O)O)c(C)nc5cc(-c6ccccc6)nn45)cc3)nc3cc(-c4ccccc4)nn23)cc1. The minimum absolute atomic E-state index is 0.174. The Morgan fingerprint density at radius 2 is 1.21 bits per heavy atom. The largest absolute Gasteiger partial charge is 0.479 e. The maximum atomic E-state index is 12.8. The van der Waals surface area contributed by atoms with Crippen LogP contribution in [0.25, 0.3) is 56.3 Å². The molecule has 0 aliphatic rings. The van der Waals surface area contributed by atoms with Crippen LogP contribution < -0.4 is 0 Å². The number of aliphatic carboxylic acids is 1. The van der Waals surface area contributed by atoms with E-state index in [4.69, 9.17) is 15.2 Å². The molecule has 1 atom stereocenters. The lowest BCUT2D eigenvalue weighted by atomic mass is 9.97. The molecule has 0 bridgehead atoms. The van der Waals surface area contributed by atoms with E-state index in [0.29, 0.717) is 63.7 Å². The molecular formula is C43H34N6O4. The van der Waals surface area contributed by atoms with Crippen LogP contribution in [0, 0.1) is 13.8 Å². The standard InChI is InChI=1S/C43H34N6O4/c1-26-13-18-31(19-14-26)40-33(25-50)34(45-38-24-36(46-48(38)40)30-11-7-4-8-12-30)22-17-28-15-20-32(21-16-28)41-39(42(51)43(52)53)27(2)44-37-23-35(47-49(37)41)29-9-5-3-6-10-29/h3-16,18-21,23-25,42,51H,17,22H2,1-2H3,(H,52,53). The van der Waals surface area contributed by atoms with Gasteiger partial charge in [0.1, 0.15) is 0 Å². The number of benzene rings is 4. The Kier molecular flexibility index (Phi) is 8.65. The van der Waals surface area contributed by atoms with Gasteiger partial charge in [-0.2, -0.15) is 10.2 Å². The molecule has 0 spiro atoms. The number of aryl methyl sites for hydroxylation is 4. The summed E-state index contributed by atoms with van der Waals surface area (Å²) in [5.74, 6) is -1.38. The quantitative estimate of drug-likeness (QED) is 0.138. The molecule has 53 heavy (non-hydrogen) atoms. The van der Waals surface area contributed by atoms with Gasteiger partial charge in [-0.05, 0) is 32.3 Å². The van der Waals surface area contributed by atoms with Crippen molar-refractivity contribution in [3.05, 3.63) is 155 Å². The average molecular weight is 699 g/mol. The molecule has 4 heterocycles. The second kappa shape index (κ2) is 13.7. The van der Waals surface area contributed by atoms with Crippen LogP contribution in [-0.4, -0.2) is 51.7 Å². The topological polar surface area (TPSA) is 135 Å². The molecule has 0 aliphatic carbocycles. The highest BCUT2D eigenvalue weighted by Crippen LogP contribution is 2.34. The van der Waals surface area contributed by atoms with E-state index in [9.17, 15) is 19.8 Å². The number of carboxylic acids is 1. The predicted molar refractivity (Wildman–Crippen MR) is 203 cm³/mol. The van der Waals surface area contributed by atoms with E-state index < -0.39 is 12.1 Å². The van der Waals surface area contributed by atoms with Crippen molar-refractivity contribution in [2.45, 2.75) is 32.8 Å². The van der Waals surface area contributed by atoms with E-state index in [1.807, 2.05) is 128 Å². The molecule has 8 aromatic rings. The summed E-state index contributed by atoms with van der Waals surface area (Å²) in [6.45, 7) is 3.71. The number of aliphatic hydroxyl groups excluding tert-OH is 1. The van der Waals surface area contributed by atoms with E-state index >= 15 is 0 Å². The number of aliphatic hydroxyl groups is 1. The van der Waals surface area contributed by atoms with E-state index in [-0.39, 0.29) is 5.56 Å². The Morgan fingerprint density at radius 3 is 1.77 bits per heavy atom. The molecule has 0 saturated heterocycles. The summed E-state index contributed by atoms with van der Waals surface area (Å²) >= 11 is 0. The molecule has 2 N–H and O–H groups in total. The van der Waals surface area contributed by atoms with Crippen LogP contribution in [0.3, 0.4) is 0 Å². The molecule has 8 rings (SSSR count). The molecule has 10 nitrogen and oxygen atoms in total. The number of hydrogen-bond donors (Lipinski definition) is 2. The number of nitrogens with zero attached hydrogens (tertiary/aromatic N) is 6. The summed E-state index contributed by atoms with van der Waals surface area (Å²) in [5, 5.41) is 30.4. The van der Waals surface area contributed by atoms with Gasteiger partial charge in [-0.25, -0.2) is 23.8 Å². The van der Waals surface area contributed by atoms with Crippen LogP contribution in [0.1, 0.15) is 44.5 Å². The van der Waals surface area contributed by atoms with Gasteiger partial charge in [-0.1, -0.05) is 115 Å². The van der Waals surface area contributed by atoms with Gasteiger partial charge in [0.05, 0.1) is 34.0 Å². The van der Waals surface area contributed by atoms with Gasteiger partial charge >= 0.3 is 5.97 Å². The van der Waals surface area contributed by atoms with Gasteiger partial charge < -0.3 is 10.2 Å². The molecule has 0 aliphatic heterocycles. The Hall–Kier alpha value is -6.78. The first-order valence-corrected chi connectivity index (χ1v) is 17.2. The summed E-state index contributed by atoms with van der Waals surface area (Å²) in [6, 6.07) is 39.1. The second-order valence-electron chi connectivity index (χ2n) is 13.0. The first-order chi connectivity index (χ1) is 25.8. The number of hydrogen-bond acceptors (Lipinski definition) is 7. The maximum absolute atomic E-state index is 12.8. The van der Waals surface area contributed by atoms with E-state index in [0.717, 1.165) is 39.8 Å². The van der Waals surface area contributed by atoms with Crippen molar-refractivity contribution in [1.29, 1.82) is 0 Å². The van der Waals surface area contributed by atoms with Gasteiger partial charge in [0.15, 0.2) is 23.7 Å². The summed E-state index contributed by atoms with van der Waals surface area (Å²) in [7, 11) is 0. The summed E-state index contributed by atoms with van der Waals surface area (Å²) in [5.41, 5.74) is 10.9. The van der Waals surface area contributed by atoms with Crippen molar-refractivity contribution in [2.75, 3.05) is 0 Å². The highest BCUT2D eigenvalue weighted by atomic mass is 16.4. The first-order valence-electron chi connectivity index (χ1n) is 17.2. The Morgan fingerprint density at radius 1 is 0.679 bits per heavy atom. The lowest BCUT2D eigenvalue weighted by Gasteiger charge is -2.17. The van der Waals surface area contributed by atoms with Crippen LogP contribution >= 0.6 is 0 Å². The zero-order valence-corrected chi connectivity index (χ0v) is 29.0. The number of carbonyl (C=O) groups excluding carboxylic acids is 1. The molecule has 0 amide bonds. The molecule has 260 valence electrons. The van der Waals surface area contributed by atoms with Crippen molar-refractivity contribution in [3.63, 3.8) is 0 Å². The number of carbonyl (C=O) groups is 2. The predicted octanol–water partition coefficient (Wildman–Crippen LogP) is 7.77. The minimum atomic E-state index is -1.80. The molecular weight excluding hydrogens is 665 g/mol. The summed E-state index contributed by atoms with van der Waals surface area (Å²) in [6.07, 6.45) is 0.120. The average Bonchev–Trinajstić information content (AvgIpc) is 3.81. The number of rotatable bonds is 10. The van der Waals surface area contributed by atoms with Crippen LogP contribution in [0.4, 0.5) is 0 Å². The molecule has 0 radical (unpaired) electrons. The highest BCUT2D eigenvalue weighted by molar-refractivity contribution is 5.89. The van der Waals surface area contributed by atoms with Crippen molar-refractivity contribution in [2.24, 2.45) is 0 Å². The van der Waals surface area contributed by atoms with Crippen molar-refractivity contribution in [3.8, 4) is 45.0 Å². The van der Waals surface area contributed by atoms with Crippen LogP contribution in [0.2, 0.25) is 0 Å². The molecule has 0 saturated carbocycles. The van der Waals surface area contributed by atoms with Crippen molar-refractivity contribution in [1.82, 2.24) is 29.2 Å². The van der Waals surface area contributed by atoms with Crippen LogP contribution in [-0.2, 0) is 17.6 Å². The third kappa shape index (κ3) is 6.25. The monoisotopic (exact) mass is 698 g/mol. The van der Waals surface area contributed by atoms with Gasteiger partial charge in [0.2, 0.25) is 0 Å². The molecule has 4 aromatic heterocycles. The molecule has 4 aromatic carbocycles. The Bertz CT molecular complexity index is 2630. The Labute approximate surface area is 304 Å². The zero-order valence-electron chi connectivity index (χ0n) is 29.0. The van der Waals surface area contributed by atoms with E-state index in [1.54, 1.807) is 16.0 Å². The summed E-state index contributed by atoms with van der Waals surface area (Å²) < 4.78 is 3.36. The van der Waals surface area contributed by atoms with Gasteiger partial charge in [-0.3, -0.25) is 4.79 Å². The van der Waals surface area contributed by atoms with Crippen LogP contribution in [0.5, 0.6) is 0 Å². The third-order valence-corrected chi connectivity index (χ3v) is 9.51. The molecule has 1 unspecified atom stereocenters. The molecule has 0 fully saturated rings. The van der Waals surface area contributed by atoms with Crippen LogP contribution in [0.15, 0.2) is 121 Å². The Balaban J connectivity index is 1.17. The number of fused-ring (bicyclic) bond motifs is 2. The fourth-order valence-electron chi connectivity index (χ4n) is 6.82. The summed E-state index contributed by atoms with van der Waals surface area (Å²) in [4.78, 5) is 34.5. The van der Waals surface area contributed by atoms with Crippen molar-refractivity contribution < 1.29 is 19.8 Å². The fraction of sp³-hybridized carbons (Fsp3) is 0.116. The number of aldehydes is 1. The molecule has 10 heteroatoms. The lowest BCUT2D eigenvalue weighted by Crippen LogP contribution is -2.16. The number of carboxylic acid groups (broad SMARTS) is 1. The zero-order chi connectivity index (χ0) is 36.6. The van der Waals surface area contributed by atoms with E-state index in [1.165, 1.54) is 0 Å². The minimum Gasteiger partial charge on any atom is -0.479 e. The third-order valence-electron chi connectivity index (χ3n) is 9.51. The maximum Gasteiger partial charge on any atom is 0.337 e. The lowest BCUT2D eigenvalue weighted by molar-refractivity contribution is -0.147. The van der Waals surface area contributed by atoms with Crippen molar-refractivity contribution >= 4 is 23.5 Å². The smallest absolute Gasteiger partial charge is 0.337 e. The van der Waals surface area contributed by atoms with Gasteiger partial charge in [0, 0.05) is 45.6 Å². The number of aromatic nitrogens is 6.